The van der Waals surface area contributed by atoms with E-state index in [4.69, 9.17) is 0 Å². The minimum absolute atomic E-state index is 0.0973. The summed E-state index contributed by atoms with van der Waals surface area (Å²) in [5.74, 6) is 0. The molecule has 5 heteroatoms. The first kappa shape index (κ1) is 12.0. The molecule has 0 radical (unpaired) electrons. The third kappa shape index (κ3) is 1.73. The Balaban J connectivity index is 2.26. The Morgan fingerprint density at radius 2 is 2.11 bits per heavy atom. The summed E-state index contributed by atoms with van der Waals surface area (Å²) in [5, 5.41) is 0. The van der Waals surface area contributed by atoms with Gasteiger partial charge < -0.3 is 4.90 Å². The molecule has 3 rings (SSSR count). The lowest BCUT2D eigenvalue weighted by Gasteiger charge is -2.41. The zero-order valence-corrected chi connectivity index (χ0v) is 11.2. The van der Waals surface area contributed by atoms with Crippen molar-refractivity contribution >= 4 is 15.8 Å². The molecule has 98 valence electrons. The van der Waals surface area contributed by atoms with E-state index in [2.05, 4.69) is 11.8 Å². The van der Waals surface area contributed by atoms with Crippen molar-refractivity contribution in [3.8, 4) is 0 Å². The molecular formula is C13H17NO3S. The van der Waals surface area contributed by atoms with Crippen molar-refractivity contribution in [3.05, 3.63) is 23.3 Å². The molecule has 1 atom stereocenters. The van der Waals surface area contributed by atoms with Crippen LogP contribution in [-0.4, -0.2) is 25.6 Å². The summed E-state index contributed by atoms with van der Waals surface area (Å²) in [5.41, 5.74) is 3.10. The van der Waals surface area contributed by atoms with E-state index in [1.54, 1.807) is 6.07 Å². The molecule has 4 nitrogen and oxygen atoms in total. The highest BCUT2D eigenvalue weighted by Gasteiger charge is 2.31. The van der Waals surface area contributed by atoms with Gasteiger partial charge in [-0.1, -0.05) is 6.07 Å². The summed E-state index contributed by atoms with van der Waals surface area (Å²) >= 11 is 0. The second-order valence-corrected chi connectivity index (χ2v) is 6.60. The molecule has 1 unspecified atom stereocenters. The van der Waals surface area contributed by atoms with Crippen molar-refractivity contribution in [1.29, 1.82) is 0 Å². The van der Waals surface area contributed by atoms with E-state index in [0.29, 0.717) is 6.04 Å². The summed E-state index contributed by atoms with van der Waals surface area (Å²) in [6, 6.07) is 3.86. The normalized spacial score (nSPS) is 22.8. The molecule has 0 fully saturated rings. The van der Waals surface area contributed by atoms with Gasteiger partial charge in [-0.25, -0.2) is 0 Å². The fraction of sp³-hybridized carbons (Fsp3) is 0.538. The molecule has 2 aliphatic heterocycles. The van der Waals surface area contributed by atoms with Gasteiger partial charge in [0.1, 0.15) is 0 Å². The molecule has 2 aliphatic rings. The van der Waals surface area contributed by atoms with Crippen LogP contribution in [0.1, 0.15) is 30.9 Å². The standard InChI is InChI=1S/C13H17NO3S/c1-9-4-5-10-6-7-12(18(15,16)17)11-3-2-8-14(9)13(10)11/h6-7,9H,2-5,8H2,1H3,(H,15,16,17). The van der Waals surface area contributed by atoms with Gasteiger partial charge in [0.2, 0.25) is 0 Å². The summed E-state index contributed by atoms with van der Waals surface area (Å²) in [6.07, 6.45) is 3.79. The second-order valence-electron chi connectivity index (χ2n) is 5.21. The Morgan fingerprint density at radius 3 is 2.83 bits per heavy atom. The molecule has 0 saturated heterocycles. The maximum atomic E-state index is 11.4. The van der Waals surface area contributed by atoms with Gasteiger partial charge in [0.15, 0.2) is 0 Å². The molecule has 0 spiro atoms. The molecule has 0 aliphatic carbocycles. The zero-order valence-electron chi connectivity index (χ0n) is 10.4. The van der Waals surface area contributed by atoms with Crippen molar-refractivity contribution in [3.63, 3.8) is 0 Å². The third-order valence-electron chi connectivity index (χ3n) is 4.08. The van der Waals surface area contributed by atoms with E-state index in [1.165, 1.54) is 5.56 Å². The SMILES string of the molecule is CC1CCc2ccc(S(=O)(=O)O)c3c2N1CCC3. The van der Waals surface area contributed by atoms with Crippen LogP contribution in [0.2, 0.25) is 0 Å². The van der Waals surface area contributed by atoms with Crippen LogP contribution in [0.25, 0.3) is 0 Å². The molecule has 1 aromatic carbocycles. The second kappa shape index (κ2) is 3.96. The molecule has 0 saturated carbocycles. The van der Waals surface area contributed by atoms with Gasteiger partial charge in [-0.15, -0.1) is 0 Å². The van der Waals surface area contributed by atoms with Crippen LogP contribution < -0.4 is 4.90 Å². The monoisotopic (exact) mass is 267 g/mol. The minimum Gasteiger partial charge on any atom is -0.368 e. The van der Waals surface area contributed by atoms with Crippen LogP contribution in [0.3, 0.4) is 0 Å². The lowest BCUT2D eigenvalue weighted by atomic mass is 9.89. The summed E-state index contributed by atoms with van der Waals surface area (Å²) in [6.45, 7) is 3.16. The van der Waals surface area contributed by atoms with Gasteiger partial charge in [0, 0.05) is 18.3 Å². The van der Waals surface area contributed by atoms with Gasteiger partial charge in [-0.2, -0.15) is 8.42 Å². The van der Waals surface area contributed by atoms with Gasteiger partial charge in [-0.05, 0) is 49.8 Å². The average Bonchev–Trinajstić information content (AvgIpc) is 2.32. The highest BCUT2D eigenvalue weighted by atomic mass is 32.2. The molecule has 1 aromatic rings. The summed E-state index contributed by atoms with van der Waals surface area (Å²) < 4.78 is 32.2. The Hall–Kier alpha value is -1.07. The van der Waals surface area contributed by atoms with Gasteiger partial charge in [0.25, 0.3) is 10.1 Å². The van der Waals surface area contributed by atoms with Gasteiger partial charge >= 0.3 is 0 Å². The van der Waals surface area contributed by atoms with Crippen LogP contribution >= 0.6 is 0 Å². The summed E-state index contributed by atoms with van der Waals surface area (Å²) in [4.78, 5) is 2.40. The number of hydrogen-bond acceptors (Lipinski definition) is 3. The van der Waals surface area contributed by atoms with Crippen molar-refractivity contribution in [2.24, 2.45) is 0 Å². The number of benzene rings is 1. The van der Waals surface area contributed by atoms with E-state index in [0.717, 1.165) is 43.5 Å². The number of anilines is 1. The Kier molecular flexibility index (Phi) is 2.64. The Morgan fingerprint density at radius 1 is 1.33 bits per heavy atom. The van der Waals surface area contributed by atoms with Crippen LogP contribution in [0.4, 0.5) is 5.69 Å². The van der Waals surface area contributed by atoms with Crippen LogP contribution in [0.15, 0.2) is 17.0 Å². The Bertz CT molecular complexity index is 594. The van der Waals surface area contributed by atoms with Crippen molar-refractivity contribution in [2.75, 3.05) is 11.4 Å². The number of nitrogens with zero attached hydrogens (tertiary/aromatic N) is 1. The van der Waals surface area contributed by atoms with Gasteiger partial charge in [-0.3, -0.25) is 4.55 Å². The third-order valence-corrected chi connectivity index (χ3v) is 5.02. The van der Waals surface area contributed by atoms with Crippen molar-refractivity contribution in [1.82, 2.24) is 0 Å². The molecule has 18 heavy (non-hydrogen) atoms. The van der Waals surface area contributed by atoms with Crippen molar-refractivity contribution in [2.45, 2.75) is 43.5 Å². The van der Waals surface area contributed by atoms with E-state index >= 15 is 0 Å². The summed E-state index contributed by atoms with van der Waals surface area (Å²) in [7, 11) is -4.11. The van der Waals surface area contributed by atoms with Gasteiger partial charge in [0.05, 0.1) is 4.90 Å². The predicted molar refractivity (Wildman–Crippen MR) is 69.7 cm³/mol. The number of aryl methyl sites for hydroxylation is 1. The van der Waals surface area contributed by atoms with E-state index in [-0.39, 0.29) is 4.90 Å². The highest BCUT2D eigenvalue weighted by molar-refractivity contribution is 7.85. The molecule has 0 amide bonds. The zero-order chi connectivity index (χ0) is 12.9. The molecule has 0 bridgehead atoms. The first-order valence-electron chi connectivity index (χ1n) is 6.37. The molecule has 0 aromatic heterocycles. The predicted octanol–water partition coefficient (Wildman–Crippen LogP) is 2.02. The number of rotatable bonds is 1. The first-order valence-corrected chi connectivity index (χ1v) is 7.81. The van der Waals surface area contributed by atoms with Crippen LogP contribution in [-0.2, 0) is 23.0 Å². The maximum Gasteiger partial charge on any atom is 0.294 e. The van der Waals surface area contributed by atoms with E-state index < -0.39 is 10.1 Å². The van der Waals surface area contributed by atoms with Crippen LogP contribution in [0, 0.1) is 0 Å². The maximum absolute atomic E-state index is 11.4. The Labute approximate surface area is 107 Å². The fourth-order valence-corrected chi connectivity index (χ4v) is 3.96. The highest BCUT2D eigenvalue weighted by Crippen LogP contribution is 2.40. The molecule has 1 N–H and O–H groups in total. The first-order chi connectivity index (χ1) is 8.48. The lowest BCUT2D eigenvalue weighted by Crippen LogP contribution is -2.41. The van der Waals surface area contributed by atoms with E-state index in [1.807, 2.05) is 6.07 Å². The van der Waals surface area contributed by atoms with Crippen LogP contribution in [0.5, 0.6) is 0 Å². The number of hydrogen-bond donors (Lipinski definition) is 1. The lowest BCUT2D eigenvalue weighted by molar-refractivity contribution is 0.479. The fourth-order valence-electron chi connectivity index (χ4n) is 3.21. The smallest absolute Gasteiger partial charge is 0.294 e. The quantitative estimate of drug-likeness (QED) is 0.791. The average molecular weight is 267 g/mol. The minimum atomic E-state index is -4.11. The van der Waals surface area contributed by atoms with Crippen molar-refractivity contribution < 1.29 is 13.0 Å². The topological polar surface area (TPSA) is 57.6 Å². The molecular weight excluding hydrogens is 250 g/mol. The van der Waals surface area contributed by atoms with E-state index in [9.17, 15) is 13.0 Å². The molecule has 2 heterocycles. The largest absolute Gasteiger partial charge is 0.368 e.